The smallest absolute Gasteiger partial charge is 0.213 e. The molecule has 5 heteroatoms. The highest BCUT2D eigenvalue weighted by Gasteiger charge is 2.26. The first kappa shape index (κ1) is 22.6. The van der Waals surface area contributed by atoms with Crippen LogP contribution in [0.5, 0.6) is 0 Å². The highest BCUT2D eigenvalue weighted by molar-refractivity contribution is 6.30. The maximum Gasteiger partial charge on any atom is 0.213 e. The van der Waals surface area contributed by atoms with Crippen LogP contribution in [0, 0.1) is 13.8 Å². The monoisotopic (exact) mass is 477 g/mol. The molecule has 0 bridgehead atoms. The van der Waals surface area contributed by atoms with Crippen molar-refractivity contribution in [2.24, 2.45) is 0 Å². The molecule has 1 heterocycles. The van der Waals surface area contributed by atoms with Crippen LogP contribution in [0.4, 0.5) is 11.6 Å². The zero-order valence-electron chi connectivity index (χ0n) is 19.5. The lowest BCUT2D eigenvalue weighted by Crippen LogP contribution is -2.12. The zero-order chi connectivity index (χ0) is 24.4. The number of aryl methyl sites for hydroxylation is 2. The maximum atomic E-state index is 14.0. The molecule has 0 fully saturated rings. The lowest BCUT2D eigenvalue weighted by molar-refractivity contribution is 0.103. The molecule has 0 unspecified atom stereocenters. The van der Waals surface area contributed by atoms with E-state index in [0.717, 1.165) is 22.5 Å². The first-order chi connectivity index (χ1) is 17.0. The van der Waals surface area contributed by atoms with Crippen molar-refractivity contribution in [1.82, 2.24) is 9.55 Å². The lowest BCUT2D eigenvalue weighted by atomic mass is 10.0. The molecule has 0 spiro atoms. The van der Waals surface area contributed by atoms with Crippen molar-refractivity contribution in [3.05, 3.63) is 131 Å². The normalized spacial score (nSPS) is 10.8. The molecule has 0 radical (unpaired) electrons. The quantitative estimate of drug-likeness (QED) is 0.254. The van der Waals surface area contributed by atoms with Crippen LogP contribution < -0.4 is 5.32 Å². The van der Waals surface area contributed by atoms with Gasteiger partial charge in [0.15, 0.2) is 0 Å². The highest BCUT2D eigenvalue weighted by atomic mass is 35.5. The number of hydrogen-bond donors (Lipinski definition) is 1. The Labute approximate surface area is 209 Å². The summed E-state index contributed by atoms with van der Waals surface area (Å²) in [5, 5.41) is 4.02. The Morgan fingerprint density at radius 1 is 0.771 bits per heavy atom. The third-order valence-corrected chi connectivity index (χ3v) is 6.10. The Bertz CT molecular complexity index is 1470. The van der Waals surface area contributed by atoms with Gasteiger partial charge in [-0.05, 0) is 62.4 Å². The first-order valence-corrected chi connectivity index (χ1v) is 11.8. The summed E-state index contributed by atoms with van der Waals surface area (Å²) in [7, 11) is 0. The van der Waals surface area contributed by atoms with Gasteiger partial charge in [-0.15, -0.1) is 0 Å². The van der Waals surface area contributed by atoms with Crippen LogP contribution in [0.3, 0.4) is 0 Å². The molecular weight excluding hydrogens is 454 g/mol. The predicted octanol–water partition coefficient (Wildman–Crippen LogP) is 7.78. The van der Waals surface area contributed by atoms with E-state index < -0.39 is 0 Å². The molecule has 5 rings (SSSR count). The van der Waals surface area contributed by atoms with E-state index in [-0.39, 0.29) is 5.78 Å². The van der Waals surface area contributed by atoms with Crippen molar-refractivity contribution < 1.29 is 4.79 Å². The number of rotatable bonds is 6. The third-order valence-electron chi connectivity index (χ3n) is 5.85. The van der Waals surface area contributed by atoms with Gasteiger partial charge in [-0.1, -0.05) is 77.3 Å². The molecule has 0 aliphatic rings. The van der Waals surface area contributed by atoms with Crippen LogP contribution in [0.25, 0.3) is 16.9 Å². The molecule has 1 N–H and O–H groups in total. The fourth-order valence-corrected chi connectivity index (χ4v) is 4.09. The van der Waals surface area contributed by atoms with Crippen LogP contribution in [0.2, 0.25) is 5.02 Å². The summed E-state index contributed by atoms with van der Waals surface area (Å²) in [5.41, 5.74) is 6.54. The molecule has 0 atom stereocenters. The topological polar surface area (TPSA) is 46.9 Å². The standard InChI is InChI=1S/C30H24ClN3O/c1-20-8-16-25(17-9-20)32-30-33-27(22-6-4-3-5-7-22)28(29(35)23-12-14-24(31)15-13-23)34(30)26-18-10-21(2)11-19-26/h3-19H,1-2H3,(H,32,33). The first-order valence-electron chi connectivity index (χ1n) is 11.4. The Kier molecular flexibility index (Phi) is 6.21. The number of aromatic nitrogens is 2. The fraction of sp³-hybridized carbons (Fsp3) is 0.0667. The number of nitrogens with zero attached hydrogens (tertiary/aromatic N) is 2. The van der Waals surface area contributed by atoms with Gasteiger partial charge in [-0.3, -0.25) is 9.36 Å². The van der Waals surface area contributed by atoms with Crippen LogP contribution in [0.15, 0.2) is 103 Å². The van der Waals surface area contributed by atoms with E-state index in [1.54, 1.807) is 24.3 Å². The lowest BCUT2D eigenvalue weighted by Gasteiger charge is -2.14. The number of halogens is 1. The van der Waals surface area contributed by atoms with Gasteiger partial charge in [0, 0.05) is 27.5 Å². The number of ketones is 1. The van der Waals surface area contributed by atoms with Gasteiger partial charge >= 0.3 is 0 Å². The van der Waals surface area contributed by atoms with Gasteiger partial charge in [-0.2, -0.15) is 0 Å². The predicted molar refractivity (Wildman–Crippen MR) is 143 cm³/mol. The fourth-order valence-electron chi connectivity index (χ4n) is 3.96. The molecule has 0 aliphatic heterocycles. The van der Waals surface area contributed by atoms with Crippen molar-refractivity contribution in [2.45, 2.75) is 13.8 Å². The highest BCUT2D eigenvalue weighted by Crippen LogP contribution is 2.33. The molecule has 0 saturated carbocycles. The Morgan fingerprint density at radius 2 is 1.37 bits per heavy atom. The Hall–Kier alpha value is -4.15. The van der Waals surface area contributed by atoms with E-state index in [4.69, 9.17) is 16.6 Å². The van der Waals surface area contributed by atoms with Crippen molar-refractivity contribution in [1.29, 1.82) is 0 Å². The summed E-state index contributed by atoms with van der Waals surface area (Å²) in [6, 6.07) is 32.9. The summed E-state index contributed by atoms with van der Waals surface area (Å²) in [6.07, 6.45) is 0. The summed E-state index contributed by atoms with van der Waals surface area (Å²) in [5.74, 6) is 0.430. The number of benzene rings is 4. The number of hydrogen-bond acceptors (Lipinski definition) is 3. The van der Waals surface area contributed by atoms with Crippen LogP contribution in [-0.2, 0) is 0 Å². The number of imidazole rings is 1. The molecule has 4 nitrogen and oxygen atoms in total. The second-order valence-electron chi connectivity index (χ2n) is 8.50. The Balaban J connectivity index is 1.76. The van der Waals surface area contributed by atoms with E-state index in [1.165, 1.54) is 5.56 Å². The molecule has 0 amide bonds. The second-order valence-corrected chi connectivity index (χ2v) is 8.93. The summed E-state index contributed by atoms with van der Waals surface area (Å²) < 4.78 is 1.90. The summed E-state index contributed by atoms with van der Waals surface area (Å²) in [6.45, 7) is 4.09. The van der Waals surface area contributed by atoms with Crippen LogP contribution in [0.1, 0.15) is 27.2 Å². The minimum absolute atomic E-state index is 0.134. The van der Waals surface area contributed by atoms with E-state index in [0.29, 0.717) is 27.9 Å². The van der Waals surface area contributed by atoms with Crippen molar-refractivity contribution in [3.8, 4) is 16.9 Å². The van der Waals surface area contributed by atoms with Crippen LogP contribution in [-0.4, -0.2) is 15.3 Å². The van der Waals surface area contributed by atoms with Gasteiger partial charge < -0.3 is 5.32 Å². The van der Waals surface area contributed by atoms with Gasteiger partial charge in [-0.25, -0.2) is 4.98 Å². The number of anilines is 2. The molecule has 0 saturated heterocycles. The van der Waals surface area contributed by atoms with Crippen molar-refractivity contribution >= 4 is 29.0 Å². The van der Waals surface area contributed by atoms with Gasteiger partial charge in [0.2, 0.25) is 11.7 Å². The largest absolute Gasteiger partial charge is 0.325 e. The van der Waals surface area contributed by atoms with Crippen LogP contribution >= 0.6 is 11.6 Å². The second kappa shape index (κ2) is 9.61. The van der Waals surface area contributed by atoms with E-state index in [9.17, 15) is 4.79 Å². The minimum atomic E-state index is -0.134. The molecule has 5 aromatic rings. The number of carbonyl (C=O) groups is 1. The van der Waals surface area contributed by atoms with Gasteiger partial charge in [0.05, 0.1) is 0 Å². The maximum absolute atomic E-state index is 14.0. The molecule has 1 aromatic heterocycles. The molecule has 35 heavy (non-hydrogen) atoms. The van der Waals surface area contributed by atoms with Gasteiger partial charge in [0.25, 0.3) is 0 Å². The molecule has 172 valence electrons. The molecular formula is C30H24ClN3O. The van der Waals surface area contributed by atoms with Gasteiger partial charge in [0.1, 0.15) is 11.4 Å². The summed E-state index contributed by atoms with van der Waals surface area (Å²) in [4.78, 5) is 19.0. The number of nitrogens with one attached hydrogen (secondary N) is 1. The number of carbonyl (C=O) groups excluding carboxylic acids is 1. The molecule has 0 aliphatic carbocycles. The van der Waals surface area contributed by atoms with E-state index in [1.807, 2.05) is 97.3 Å². The molecule has 4 aromatic carbocycles. The van der Waals surface area contributed by atoms with Crippen molar-refractivity contribution in [2.75, 3.05) is 5.32 Å². The minimum Gasteiger partial charge on any atom is -0.325 e. The average Bonchev–Trinajstić information content (AvgIpc) is 3.25. The average molecular weight is 478 g/mol. The Morgan fingerprint density at radius 3 is 2.00 bits per heavy atom. The van der Waals surface area contributed by atoms with E-state index >= 15 is 0 Å². The van der Waals surface area contributed by atoms with Crippen molar-refractivity contribution in [3.63, 3.8) is 0 Å². The zero-order valence-corrected chi connectivity index (χ0v) is 20.3. The van der Waals surface area contributed by atoms with E-state index in [2.05, 4.69) is 5.32 Å². The third kappa shape index (κ3) is 4.75. The SMILES string of the molecule is Cc1ccc(Nc2nc(-c3ccccc3)c(C(=O)c3ccc(Cl)cc3)n2-c2ccc(C)cc2)cc1. The summed E-state index contributed by atoms with van der Waals surface area (Å²) >= 11 is 6.10.